The third kappa shape index (κ3) is 3.62. The molecule has 8 nitrogen and oxygen atoms in total. The van der Waals surface area contributed by atoms with Gasteiger partial charge in [-0.3, -0.25) is 9.89 Å². The summed E-state index contributed by atoms with van der Waals surface area (Å²) in [5, 5.41) is 18.0. The first-order valence-electron chi connectivity index (χ1n) is 12.5. The Morgan fingerprint density at radius 3 is 2.84 bits per heavy atom. The molecule has 2 saturated heterocycles. The van der Waals surface area contributed by atoms with Crippen molar-refractivity contribution in [1.82, 2.24) is 20.1 Å². The van der Waals surface area contributed by atoms with Gasteiger partial charge >= 0.3 is 0 Å². The van der Waals surface area contributed by atoms with Crippen LogP contribution in [-0.2, 0) is 22.6 Å². The molecule has 1 N–H and O–H groups in total. The quantitative estimate of drug-likeness (QED) is 0.546. The van der Waals surface area contributed by atoms with Gasteiger partial charge in [0.1, 0.15) is 28.8 Å². The Balaban J connectivity index is 1.51. The maximum atomic E-state index is 14.8. The standard InChI is InChI=1S/C28H29FN6O2/c1-5-22(36)35-14-28(15-35)6-7-34(13-28)26-17(10-30)24(19-12-37-27(3,4)9-21(19)32-26)23-16(2)8-20(29)25-18(23)11-31-33-25/h5,8,11H,1,6-7,9,12-15H2,2-4H3,(H,31,33). The number of hydrogen-bond acceptors (Lipinski definition) is 6. The smallest absolute Gasteiger partial charge is 0.245 e. The minimum atomic E-state index is -0.392. The predicted molar refractivity (Wildman–Crippen MR) is 137 cm³/mol. The number of nitriles is 1. The van der Waals surface area contributed by atoms with Crippen LogP contribution >= 0.6 is 0 Å². The van der Waals surface area contributed by atoms with Crippen molar-refractivity contribution in [2.75, 3.05) is 31.1 Å². The number of carbonyl (C=O) groups is 1. The summed E-state index contributed by atoms with van der Waals surface area (Å²) in [5.74, 6) is 0.228. The second kappa shape index (κ2) is 8.12. The first-order valence-corrected chi connectivity index (χ1v) is 12.5. The molecule has 5 heterocycles. The number of pyridine rings is 1. The molecule has 1 spiro atoms. The number of nitrogens with one attached hydrogen (secondary N) is 1. The van der Waals surface area contributed by atoms with Gasteiger partial charge in [-0.25, -0.2) is 9.37 Å². The average Bonchev–Trinajstić information content (AvgIpc) is 3.50. The van der Waals surface area contributed by atoms with Crippen LogP contribution in [0.5, 0.6) is 0 Å². The molecule has 0 bridgehead atoms. The molecule has 1 amide bonds. The Labute approximate surface area is 214 Å². The molecule has 0 radical (unpaired) electrons. The normalized spacial score (nSPS) is 19.5. The van der Waals surface area contributed by atoms with Gasteiger partial charge in [0.05, 0.1) is 24.1 Å². The summed E-state index contributed by atoms with van der Waals surface area (Å²) in [7, 11) is 0. The molecule has 0 unspecified atom stereocenters. The zero-order chi connectivity index (χ0) is 26.1. The first kappa shape index (κ1) is 23.6. The zero-order valence-electron chi connectivity index (χ0n) is 21.3. The minimum absolute atomic E-state index is 0.00482. The maximum Gasteiger partial charge on any atom is 0.245 e. The lowest BCUT2D eigenvalue weighted by Gasteiger charge is -2.47. The number of benzene rings is 1. The molecule has 190 valence electrons. The van der Waals surface area contributed by atoms with Crippen LogP contribution < -0.4 is 4.90 Å². The molecule has 3 aromatic rings. The van der Waals surface area contributed by atoms with Crippen LogP contribution in [0.1, 0.15) is 42.7 Å². The molecule has 9 heteroatoms. The second-order valence-electron chi connectivity index (χ2n) is 11.2. The van der Waals surface area contributed by atoms with E-state index in [1.807, 2.05) is 25.7 Å². The number of aryl methyl sites for hydroxylation is 1. The molecule has 0 atom stereocenters. The number of fused-ring (bicyclic) bond motifs is 2. The lowest BCUT2D eigenvalue weighted by molar-refractivity contribution is -0.136. The first-order chi connectivity index (χ1) is 17.6. The van der Waals surface area contributed by atoms with Crippen molar-refractivity contribution in [3.05, 3.63) is 53.1 Å². The fraction of sp³-hybridized carbons (Fsp3) is 0.429. The van der Waals surface area contributed by atoms with E-state index in [1.54, 1.807) is 6.20 Å². The van der Waals surface area contributed by atoms with Gasteiger partial charge in [-0.05, 0) is 50.5 Å². The van der Waals surface area contributed by atoms with Crippen molar-refractivity contribution in [3.8, 4) is 17.2 Å². The third-order valence-electron chi connectivity index (χ3n) is 8.09. The molecule has 3 aliphatic rings. The van der Waals surface area contributed by atoms with E-state index >= 15 is 0 Å². The molecule has 3 aliphatic heterocycles. The predicted octanol–water partition coefficient (Wildman–Crippen LogP) is 4.02. The highest BCUT2D eigenvalue weighted by Gasteiger charge is 2.49. The van der Waals surface area contributed by atoms with Crippen molar-refractivity contribution in [2.24, 2.45) is 5.41 Å². The summed E-state index contributed by atoms with van der Waals surface area (Å²) in [6.45, 7) is 12.7. The van der Waals surface area contributed by atoms with E-state index < -0.39 is 5.60 Å². The van der Waals surface area contributed by atoms with E-state index in [9.17, 15) is 14.4 Å². The minimum Gasteiger partial charge on any atom is -0.370 e. The van der Waals surface area contributed by atoms with Gasteiger partial charge in [-0.2, -0.15) is 10.4 Å². The van der Waals surface area contributed by atoms with Crippen molar-refractivity contribution in [1.29, 1.82) is 5.26 Å². The van der Waals surface area contributed by atoms with E-state index in [2.05, 4.69) is 27.7 Å². The lowest BCUT2D eigenvalue weighted by atomic mass is 9.79. The fourth-order valence-corrected chi connectivity index (χ4v) is 6.25. The van der Waals surface area contributed by atoms with Crippen LogP contribution in [0, 0.1) is 29.5 Å². The Bertz CT molecular complexity index is 1510. The van der Waals surface area contributed by atoms with E-state index in [4.69, 9.17) is 9.72 Å². The van der Waals surface area contributed by atoms with Gasteiger partial charge in [0.15, 0.2) is 0 Å². The van der Waals surface area contributed by atoms with E-state index in [-0.39, 0.29) is 17.1 Å². The molecule has 2 fully saturated rings. The third-order valence-corrected chi connectivity index (χ3v) is 8.09. The molecule has 37 heavy (non-hydrogen) atoms. The summed E-state index contributed by atoms with van der Waals surface area (Å²) >= 11 is 0. The number of likely N-dealkylation sites (tertiary alicyclic amines) is 1. The molecule has 2 aromatic heterocycles. The van der Waals surface area contributed by atoms with Crippen LogP contribution in [-0.4, -0.2) is 57.8 Å². The number of anilines is 1. The number of nitrogens with zero attached hydrogens (tertiary/aromatic N) is 5. The van der Waals surface area contributed by atoms with Crippen molar-refractivity contribution < 1.29 is 13.9 Å². The van der Waals surface area contributed by atoms with Crippen LogP contribution in [0.3, 0.4) is 0 Å². The van der Waals surface area contributed by atoms with Gasteiger partial charge in [0, 0.05) is 54.5 Å². The molecular weight excluding hydrogens is 471 g/mol. The summed E-state index contributed by atoms with van der Waals surface area (Å²) in [4.78, 5) is 21.1. The SMILES string of the molecule is C=CC(=O)N1CC2(CCN(c3nc4c(c(-c5c(C)cc(F)c6[nH]ncc56)c3C#N)COC(C)(C)C4)C2)C1. The number of hydrogen-bond donors (Lipinski definition) is 1. The van der Waals surface area contributed by atoms with Crippen LogP contribution in [0.15, 0.2) is 24.9 Å². The highest BCUT2D eigenvalue weighted by Crippen LogP contribution is 2.46. The van der Waals surface area contributed by atoms with E-state index in [0.29, 0.717) is 48.4 Å². The Morgan fingerprint density at radius 2 is 2.11 bits per heavy atom. The Hall–Kier alpha value is -3.77. The van der Waals surface area contributed by atoms with E-state index in [0.717, 1.165) is 47.5 Å². The number of ether oxygens (including phenoxy) is 1. The summed E-state index contributed by atoms with van der Waals surface area (Å²) in [6, 6.07) is 3.93. The molecule has 6 rings (SSSR count). The van der Waals surface area contributed by atoms with Crippen molar-refractivity contribution in [2.45, 2.75) is 45.8 Å². The fourth-order valence-electron chi connectivity index (χ4n) is 6.25. The number of aromatic nitrogens is 3. The molecular formula is C28H29FN6O2. The molecule has 0 saturated carbocycles. The van der Waals surface area contributed by atoms with Crippen LogP contribution in [0.25, 0.3) is 22.0 Å². The largest absolute Gasteiger partial charge is 0.370 e. The highest BCUT2D eigenvalue weighted by molar-refractivity contribution is 6.00. The monoisotopic (exact) mass is 500 g/mol. The van der Waals surface area contributed by atoms with Gasteiger partial charge in [0.25, 0.3) is 0 Å². The number of rotatable bonds is 3. The number of carbonyl (C=O) groups excluding carboxylic acids is 1. The topological polar surface area (TPSA) is 98.1 Å². The molecule has 0 aliphatic carbocycles. The van der Waals surface area contributed by atoms with Gasteiger partial charge in [-0.15, -0.1) is 0 Å². The average molecular weight is 501 g/mol. The van der Waals surface area contributed by atoms with Crippen molar-refractivity contribution in [3.63, 3.8) is 0 Å². The summed E-state index contributed by atoms with van der Waals surface area (Å²) in [6.07, 6.45) is 4.50. The zero-order valence-corrected chi connectivity index (χ0v) is 21.3. The molecule has 1 aromatic carbocycles. The lowest BCUT2D eigenvalue weighted by Crippen LogP contribution is -2.59. The summed E-state index contributed by atoms with van der Waals surface area (Å²) in [5.41, 5.74) is 4.42. The number of aromatic amines is 1. The number of H-pyrrole nitrogens is 1. The second-order valence-corrected chi connectivity index (χ2v) is 11.2. The Morgan fingerprint density at radius 1 is 1.32 bits per heavy atom. The van der Waals surface area contributed by atoms with Crippen LogP contribution in [0.4, 0.5) is 10.2 Å². The van der Waals surface area contributed by atoms with E-state index in [1.165, 1.54) is 12.1 Å². The number of amides is 1. The number of halogens is 1. The maximum absolute atomic E-state index is 14.8. The Kier molecular flexibility index (Phi) is 5.18. The summed E-state index contributed by atoms with van der Waals surface area (Å²) < 4.78 is 20.9. The van der Waals surface area contributed by atoms with Gasteiger partial charge in [-0.1, -0.05) is 6.58 Å². The highest BCUT2D eigenvalue weighted by atomic mass is 19.1. The van der Waals surface area contributed by atoms with Crippen molar-refractivity contribution >= 4 is 22.6 Å². The van der Waals surface area contributed by atoms with Gasteiger partial charge in [0.2, 0.25) is 5.91 Å². The van der Waals surface area contributed by atoms with Gasteiger partial charge < -0.3 is 14.5 Å². The van der Waals surface area contributed by atoms with Crippen LogP contribution in [0.2, 0.25) is 0 Å².